The van der Waals surface area contributed by atoms with Crippen LogP contribution in [0.5, 0.6) is 0 Å². The van der Waals surface area contributed by atoms with Gasteiger partial charge in [0.25, 0.3) is 5.91 Å². The molecule has 0 aromatic carbocycles. The number of carbonyl (C=O) groups is 2. The third-order valence-electron chi connectivity index (χ3n) is 3.68. The standard InChI is InChI=1S/C15H23N3O3/c1-11-7-8-13(21-11)9-18(2)10-14(19)17-15(20)16-12-5-3-4-6-12/h7-8,12H,3-6,9-10H2,1-2H3,(H2,16,17,19,20)/p+1. The Morgan fingerprint density at radius 3 is 2.67 bits per heavy atom. The number of rotatable bonds is 5. The van der Waals surface area contributed by atoms with E-state index in [2.05, 4.69) is 10.6 Å². The minimum atomic E-state index is -0.381. The molecule has 0 aliphatic heterocycles. The molecule has 1 fully saturated rings. The highest BCUT2D eigenvalue weighted by Crippen LogP contribution is 2.17. The summed E-state index contributed by atoms with van der Waals surface area (Å²) in [6.07, 6.45) is 4.30. The average Bonchev–Trinajstić information content (AvgIpc) is 3.00. The van der Waals surface area contributed by atoms with Crippen molar-refractivity contribution in [1.82, 2.24) is 10.6 Å². The van der Waals surface area contributed by atoms with Gasteiger partial charge in [0, 0.05) is 6.04 Å². The molecule has 2 rings (SSSR count). The second-order valence-electron chi connectivity index (χ2n) is 5.83. The van der Waals surface area contributed by atoms with Crippen LogP contribution < -0.4 is 15.5 Å². The molecule has 0 saturated heterocycles. The van der Waals surface area contributed by atoms with Crippen LogP contribution in [-0.4, -0.2) is 31.6 Å². The number of aryl methyl sites for hydroxylation is 1. The number of quaternary nitrogens is 1. The molecule has 1 unspecified atom stereocenters. The average molecular weight is 294 g/mol. The molecule has 1 heterocycles. The van der Waals surface area contributed by atoms with Gasteiger partial charge in [-0.3, -0.25) is 10.1 Å². The van der Waals surface area contributed by atoms with Crippen LogP contribution in [-0.2, 0) is 11.3 Å². The van der Waals surface area contributed by atoms with E-state index < -0.39 is 0 Å². The summed E-state index contributed by atoms with van der Waals surface area (Å²) in [7, 11) is 1.90. The fourth-order valence-corrected chi connectivity index (χ4v) is 2.68. The Kier molecular flexibility index (Phi) is 5.38. The lowest BCUT2D eigenvalue weighted by Gasteiger charge is -2.14. The molecule has 1 aromatic rings. The van der Waals surface area contributed by atoms with Crippen molar-refractivity contribution in [3.8, 4) is 0 Å². The van der Waals surface area contributed by atoms with Crippen LogP contribution in [0.15, 0.2) is 16.5 Å². The van der Waals surface area contributed by atoms with E-state index in [-0.39, 0.29) is 24.5 Å². The number of furan rings is 1. The summed E-state index contributed by atoms with van der Waals surface area (Å²) in [5.74, 6) is 1.43. The number of likely N-dealkylation sites (N-methyl/N-ethyl adjacent to an activating group) is 1. The van der Waals surface area contributed by atoms with E-state index in [0.717, 1.165) is 42.1 Å². The monoisotopic (exact) mass is 294 g/mol. The third-order valence-corrected chi connectivity index (χ3v) is 3.68. The van der Waals surface area contributed by atoms with Gasteiger partial charge in [-0.25, -0.2) is 4.79 Å². The van der Waals surface area contributed by atoms with Crippen LogP contribution in [0, 0.1) is 6.92 Å². The maximum Gasteiger partial charge on any atom is 0.321 e. The highest BCUT2D eigenvalue weighted by Gasteiger charge is 2.19. The first kappa shape index (κ1) is 15.6. The first-order valence-corrected chi connectivity index (χ1v) is 7.50. The van der Waals surface area contributed by atoms with Gasteiger partial charge in [-0.1, -0.05) is 12.8 Å². The first-order valence-electron chi connectivity index (χ1n) is 7.50. The lowest BCUT2D eigenvalue weighted by atomic mass is 10.2. The van der Waals surface area contributed by atoms with Crippen LogP contribution >= 0.6 is 0 Å². The number of carbonyl (C=O) groups excluding carboxylic acids is 2. The van der Waals surface area contributed by atoms with Crippen molar-refractivity contribution in [3.05, 3.63) is 23.7 Å². The normalized spacial score (nSPS) is 16.7. The summed E-state index contributed by atoms with van der Waals surface area (Å²) in [5.41, 5.74) is 0. The molecule has 6 heteroatoms. The largest absolute Gasteiger partial charge is 0.460 e. The molecule has 0 radical (unpaired) electrons. The molecule has 21 heavy (non-hydrogen) atoms. The van der Waals surface area contributed by atoms with E-state index in [1.54, 1.807) is 0 Å². The quantitative estimate of drug-likeness (QED) is 0.734. The molecular weight excluding hydrogens is 270 g/mol. The molecular formula is C15H24N3O3+. The molecule has 1 saturated carbocycles. The van der Waals surface area contributed by atoms with Crippen LogP contribution in [0.2, 0.25) is 0 Å². The maximum absolute atomic E-state index is 11.8. The Morgan fingerprint density at radius 2 is 2.05 bits per heavy atom. The Balaban J connectivity index is 1.69. The zero-order valence-corrected chi connectivity index (χ0v) is 12.7. The maximum atomic E-state index is 11.8. The van der Waals surface area contributed by atoms with Crippen molar-refractivity contribution in [2.24, 2.45) is 0 Å². The fourth-order valence-electron chi connectivity index (χ4n) is 2.68. The summed E-state index contributed by atoms with van der Waals surface area (Å²) in [5, 5.41) is 5.23. The fraction of sp³-hybridized carbons (Fsp3) is 0.600. The van der Waals surface area contributed by atoms with Gasteiger partial charge in [0.1, 0.15) is 12.3 Å². The predicted octanol–water partition coefficient (Wildman–Crippen LogP) is 0.371. The van der Waals surface area contributed by atoms with Crippen LogP contribution in [0.1, 0.15) is 37.2 Å². The smallest absolute Gasteiger partial charge is 0.321 e. The van der Waals surface area contributed by atoms with Gasteiger partial charge in [-0.05, 0) is 31.9 Å². The summed E-state index contributed by atoms with van der Waals surface area (Å²) < 4.78 is 5.47. The predicted molar refractivity (Wildman–Crippen MR) is 77.8 cm³/mol. The van der Waals surface area contributed by atoms with Crippen molar-refractivity contribution in [1.29, 1.82) is 0 Å². The van der Waals surface area contributed by atoms with Crippen molar-refractivity contribution in [2.75, 3.05) is 13.6 Å². The van der Waals surface area contributed by atoms with Crippen LogP contribution in [0.25, 0.3) is 0 Å². The molecule has 1 aromatic heterocycles. The van der Waals surface area contributed by atoms with Gasteiger partial charge in [-0.2, -0.15) is 0 Å². The topological polar surface area (TPSA) is 75.8 Å². The van der Waals surface area contributed by atoms with E-state index in [1.165, 1.54) is 0 Å². The Labute approximate surface area is 124 Å². The molecule has 6 nitrogen and oxygen atoms in total. The Bertz CT molecular complexity index is 492. The molecule has 1 aliphatic rings. The molecule has 3 N–H and O–H groups in total. The third kappa shape index (κ3) is 5.23. The number of imide groups is 1. The number of urea groups is 1. The number of amides is 3. The first-order chi connectivity index (χ1) is 10.0. The van der Waals surface area contributed by atoms with Crippen molar-refractivity contribution in [3.63, 3.8) is 0 Å². The summed E-state index contributed by atoms with van der Waals surface area (Å²) in [6, 6.07) is 3.64. The van der Waals surface area contributed by atoms with E-state index >= 15 is 0 Å². The molecule has 1 atom stereocenters. The Morgan fingerprint density at radius 1 is 1.33 bits per heavy atom. The van der Waals surface area contributed by atoms with Crippen molar-refractivity contribution in [2.45, 2.75) is 45.2 Å². The van der Waals surface area contributed by atoms with E-state index in [0.29, 0.717) is 6.54 Å². The zero-order chi connectivity index (χ0) is 15.2. The highest BCUT2D eigenvalue weighted by atomic mass is 16.3. The summed E-state index contributed by atoms with van der Waals surface area (Å²) in [6.45, 7) is 2.74. The summed E-state index contributed by atoms with van der Waals surface area (Å²) >= 11 is 0. The van der Waals surface area contributed by atoms with Gasteiger partial charge in [0.2, 0.25) is 0 Å². The summed E-state index contributed by atoms with van der Waals surface area (Å²) in [4.78, 5) is 24.5. The minimum absolute atomic E-state index is 0.217. The van der Waals surface area contributed by atoms with E-state index in [4.69, 9.17) is 4.42 Å². The van der Waals surface area contributed by atoms with Crippen molar-refractivity contribution >= 4 is 11.9 Å². The lowest BCUT2D eigenvalue weighted by Crippen LogP contribution is -3.09. The molecule has 3 amide bonds. The van der Waals surface area contributed by atoms with Crippen molar-refractivity contribution < 1.29 is 18.9 Å². The zero-order valence-electron chi connectivity index (χ0n) is 12.7. The van der Waals surface area contributed by atoms with Gasteiger partial charge in [0.15, 0.2) is 12.3 Å². The second-order valence-corrected chi connectivity index (χ2v) is 5.83. The molecule has 0 spiro atoms. The number of nitrogens with one attached hydrogen (secondary N) is 3. The van der Waals surface area contributed by atoms with E-state index in [1.807, 2.05) is 26.1 Å². The van der Waals surface area contributed by atoms with E-state index in [9.17, 15) is 9.59 Å². The van der Waals surface area contributed by atoms with Gasteiger partial charge in [-0.15, -0.1) is 0 Å². The molecule has 1 aliphatic carbocycles. The SMILES string of the molecule is Cc1ccc(C[NH+](C)CC(=O)NC(=O)NC2CCCC2)o1. The highest BCUT2D eigenvalue weighted by molar-refractivity contribution is 5.94. The number of hydrogen-bond acceptors (Lipinski definition) is 3. The van der Waals surface area contributed by atoms with Gasteiger partial charge >= 0.3 is 6.03 Å². The molecule has 116 valence electrons. The lowest BCUT2D eigenvalue weighted by molar-refractivity contribution is -0.886. The van der Waals surface area contributed by atoms with Gasteiger partial charge < -0.3 is 14.6 Å². The second kappa shape index (κ2) is 7.26. The number of hydrogen-bond donors (Lipinski definition) is 3. The minimum Gasteiger partial charge on any atom is -0.460 e. The van der Waals surface area contributed by atoms with Crippen LogP contribution in [0.3, 0.4) is 0 Å². The molecule has 0 bridgehead atoms. The Hall–Kier alpha value is -1.82. The van der Waals surface area contributed by atoms with Crippen LogP contribution in [0.4, 0.5) is 4.79 Å². The van der Waals surface area contributed by atoms with Gasteiger partial charge in [0.05, 0.1) is 7.05 Å².